The van der Waals surface area contributed by atoms with E-state index in [0.717, 1.165) is 111 Å². The molecule has 0 spiro atoms. The Bertz CT molecular complexity index is 2450. The lowest BCUT2D eigenvalue weighted by atomic mass is 9.83. The number of benzene rings is 2. The number of hydrogen-bond acceptors (Lipinski definition) is 16. The maximum absolute atomic E-state index is 13.4. The number of esters is 2. The molecule has 0 saturated carbocycles. The molecule has 2 aromatic carbocycles. The molecule has 0 aliphatic carbocycles. The number of carbonyl (C=O) groups is 4. The topological polar surface area (TPSA) is 192 Å². The molecule has 18 heteroatoms. The largest absolute Gasteiger partial charge is 0.545 e. The molecule has 10 heterocycles. The van der Waals surface area contributed by atoms with E-state index in [4.69, 9.17) is 18.9 Å². The third kappa shape index (κ3) is 13.4. The molecule has 6 saturated heterocycles. The molecule has 392 valence electrons. The summed E-state index contributed by atoms with van der Waals surface area (Å²) in [6.45, 7) is 9.59. The van der Waals surface area contributed by atoms with Crippen LogP contribution in [0.1, 0.15) is 58.0 Å². The maximum atomic E-state index is 13.4. The third-order valence-corrected chi connectivity index (χ3v) is 18.5. The van der Waals surface area contributed by atoms with Crippen LogP contribution in [0.5, 0.6) is 11.5 Å². The number of aliphatic carboxylic acids is 2. The monoisotopic (exact) mass is 1080 g/mol. The predicted molar refractivity (Wildman–Crippen MR) is 280 cm³/mol. The summed E-state index contributed by atoms with van der Waals surface area (Å²) in [6.07, 6.45) is 6.65. The van der Waals surface area contributed by atoms with Crippen LogP contribution in [-0.2, 0) is 39.9 Å². The molecule has 6 aromatic rings. The van der Waals surface area contributed by atoms with Crippen molar-refractivity contribution in [1.82, 2.24) is 0 Å². The zero-order valence-corrected chi connectivity index (χ0v) is 44.2. The molecular weight excluding hydrogens is 1020 g/mol. The van der Waals surface area contributed by atoms with E-state index in [1.807, 2.05) is 131 Å². The smallest absolute Gasteiger partial charge is 0.349 e. The third-order valence-electron chi connectivity index (χ3n) is 14.6. The molecule has 74 heavy (non-hydrogen) atoms. The average Bonchev–Trinajstić information content (AvgIpc) is 4.30. The molecule has 4 aromatic heterocycles. The van der Waals surface area contributed by atoms with Gasteiger partial charge >= 0.3 is 11.9 Å². The number of carbonyl (C=O) groups excluding carboxylic acids is 4. The van der Waals surface area contributed by atoms with E-state index in [2.05, 4.69) is 0 Å². The fourth-order valence-electron chi connectivity index (χ4n) is 10.7. The molecule has 0 radical (unpaired) electrons. The summed E-state index contributed by atoms with van der Waals surface area (Å²) in [5.74, 6) is -1.61. The minimum atomic E-state index is -1.73. The maximum Gasteiger partial charge on any atom is 0.349 e. The van der Waals surface area contributed by atoms with Crippen LogP contribution in [0, 0.1) is 11.8 Å². The van der Waals surface area contributed by atoms with E-state index in [-0.39, 0.29) is 12.2 Å². The van der Waals surface area contributed by atoms with Crippen LogP contribution in [0.3, 0.4) is 0 Å². The van der Waals surface area contributed by atoms with Crippen molar-refractivity contribution in [3.63, 3.8) is 0 Å². The minimum absolute atomic E-state index is 0.151. The number of piperidine rings is 6. The first-order chi connectivity index (χ1) is 35.8. The normalized spacial score (nSPS) is 22.9. The number of carboxylic acid groups (broad SMARTS) is 2. The number of nitrogens with zero attached hydrogens (tertiary/aromatic N) is 2. The molecule has 12 rings (SSSR count). The molecule has 14 nitrogen and oxygen atoms in total. The van der Waals surface area contributed by atoms with E-state index in [0.29, 0.717) is 56.7 Å². The fraction of sp³-hybridized carbons (Fsp3) is 0.393. The number of aliphatic hydroxyl groups is 2. The highest BCUT2D eigenvalue weighted by Crippen LogP contribution is 2.42. The van der Waals surface area contributed by atoms with Crippen LogP contribution >= 0.6 is 45.3 Å². The zero-order chi connectivity index (χ0) is 52.0. The van der Waals surface area contributed by atoms with Gasteiger partial charge in [-0.3, -0.25) is 0 Å². The first kappa shape index (κ1) is 54.6. The molecule has 6 aliphatic rings. The Hall–Kier alpha value is -5.70. The fourth-order valence-corrected chi connectivity index (χ4v) is 14.1. The summed E-state index contributed by atoms with van der Waals surface area (Å²) >= 11 is 5.53. The van der Waals surface area contributed by atoms with Crippen LogP contribution in [0.2, 0.25) is 0 Å². The van der Waals surface area contributed by atoms with Crippen LogP contribution in [0.15, 0.2) is 143 Å². The van der Waals surface area contributed by atoms with Crippen molar-refractivity contribution in [1.29, 1.82) is 0 Å². The lowest BCUT2D eigenvalue weighted by Crippen LogP contribution is -2.65. The first-order valence-electron chi connectivity index (χ1n) is 25.0. The quantitative estimate of drug-likeness (QED) is 0.0372. The number of quaternary nitrogens is 2. The van der Waals surface area contributed by atoms with Gasteiger partial charge in [-0.15, -0.1) is 45.3 Å². The highest BCUT2D eigenvalue weighted by Gasteiger charge is 2.53. The van der Waals surface area contributed by atoms with Crippen molar-refractivity contribution in [2.75, 3.05) is 65.6 Å². The molecule has 6 aliphatic heterocycles. The van der Waals surface area contributed by atoms with E-state index >= 15 is 0 Å². The van der Waals surface area contributed by atoms with Crippen LogP contribution < -0.4 is 19.7 Å². The number of rotatable bonds is 20. The van der Waals surface area contributed by atoms with Gasteiger partial charge < -0.3 is 57.9 Å². The molecule has 2 unspecified atom stereocenters. The minimum Gasteiger partial charge on any atom is -0.545 e. The van der Waals surface area contributed by atoms with Crippen LogP contribution in [0.4, 0.5) is 0 Å². The second-order valence-corrected chi connectivity index (χ2v) is 23.1. The number of fused-ring (bicyclic) bond motifs is 6. The highest BCUT2D eigenvalue weighted by molar-refractivity contribution is 7.12. The average molecular weight is 1080 g/mol. The van der Waals surface area contributed by atoms with Crippen LogP contribution in [-0.4, -0.2) is 121 Å². The van der Waals surface area contributed by atoms with Gasteiger partial charge in [0.25, 0.3) is 0 Å². The van der Waals surface area contributed by atoms with Crippen molar-refractivity contribution in [3.8, 4) is 11.5 Å². The Morgan fingerprint density at radius 2 is 0.838 bits per heavy atom. The highest BCUT2D eigenvalue weighted by atomic mass is 32.1. The van der Waals surface area contributed by atoms with Gasteiger partial charge in [-0.1, -0.05) is 60.7 Å². The van der Waals surface area contributed by atoms with Crippen molar-refractivity contribution in [3.05, 3.63) is 162 Å². The van der Waals surface area contributed by atoms with Crippen LogP contribution in [0.25, 0.3) is 0 Å². The molecule has 2 N–H and O–H groups in total. The second kappa shape index (κ2) is 25.2. The molecule has 2 atom stereocenters. The van der Waals surface area contributed by atoms with E-state index < -0.39 is 35.1 Å². The lowest BCUT2D eigenvalue weighted by Gasteiger charge is -2.52. The Balaban J connectivity index is 0.000000172. The van der Waals surface area contributed by atoms with Crippen molar-refractivity contribution >= 4 is 69.2 Å². The summed E-state index contributed by atoms with van der Waals surface area (Å²) < 4.78 is 26.0. The summed E-state index contributed by atoms with van der Waals surface area (Å²) in [6, 6.07) is 34.5. The number of para-hydroxylation sites is 2. The Labute approximate surface area is 447 Å². The molecule has 4 bridgehead atoms. The first-order valence-corrected chi connectivity index (χ1v) is 28.5. The van der Waals surface area contributed by atoms with Crippen molar-refractivity contribution in [2.45, 2.75) is 61.9 Å². The van der Waals surface area contributed by atoms with Gasteiger partial charge in [0.2, 0.25) is 11.2 Å². The summed E-state index contributed by atoms with van der Waals surface area (Å²) in [4.78, 5) is 48.2. The number of carboxylic acids is 2. The van der Waals surface area contributed by atoms with Gasteiger partial charge in [-0.25, -0.2) is 9.59 Å². The van der Waals surface area contributed by atoms with Crippen molar-refractivity contribution in [2.24, 2.45) is 11.8 Å². The molecular formula is C56H62N2O12S4. The van der Waals surface area contributed by atoms with Gasteiger partial charge in [0.15, 0.2) is 12.2 Å². The number of hydrogen-bond donors (Lipinski definition) is 2. The summed E-state index contributed by atoms with van der Waals surface area (Å²) in [5.41, 5.74) is -3.47. The summed E-state index contributed by atoms with van der Waals surface area (Å²) in [5, 5.41) is 49.5. The van der Waals surface area contributed by atoms with Gasteiger partial charge in [-0.2, -0.15) is 0 Å². The number of ether oxygens (including phenoxy) is 4. The van der Waals surface area contributed by atoms with Gasteiger partial charge in [-0.05, 0) is 82.2 Å². The van der Waals surface area contributed by atoms with Crippen molar-refractivity contribution < 1.29 is 67.5 Å². The van der Waals surface area contributed by atoms with E-state index in [1.54, 1.807) is 0 Å². The van der Waals surface area contributed by atoms with E-state index in [1.165, 1.54) is 45.3 Å². The SMILES string of the molecule is O=C(OC1C[N+]2(CCCOc3ccccc3)CCC1CC2)C(O)(c1cccs1)c1cccs1.O=C(OC1C[N+]2(CCCOc3ccccc3)CCC1CC2)C(O)(c1cccs1)c1cccs1.O=C([O-])/C=C/C(=O)[O-]. The molecule has 0 amide bonds. The predicted octanol–water partition coefficient (Wildman–Crippen LogP) is 6.38. The van der Waals surface area contributed by atoms with E-state index in [9.17, 15) is 39.6 Å². The van der Waals surface area contributed by atoms with Gasteiger partial charge in [0.05, 0.1) is 83.9 Å². The second-order valence-electron chi connectivity index (χ2n) is 19.3. The lowest BCUT2D eigenvalue weighted by molar-refractivity contribution is -0.946. The number of thiophene rings is 4. The zero-order valence-electron chi connectivity index (χ0n) is 41.0. The Morgan fingerprint density at radius 1 is 0.514 bits per heavy atom. The standard InChI is InChI=1S/2C26H30NO4S2.C4H4O4/c2*28-25(26(29,23-9-4-17-32-23)24-10-5-18-33-24)31-22-19-27(14-11-20(22)12-15-27)13-6-16-30-21-7-2-1-3-8-21;5-3(6)1-2-4(7)8/h2*1-5,7-10,17-18,20,22,29H,6,11-16,19H2;1-2H,(H,5,6)(H,7,8)/q2*+1;/p-2/b;;2-1+. The Morgan fingerprint density at radius 3 is 1.12 bits per heavy atom. The van der Waals surface area contributed by atoms with Gasteiger partial charge in [0, 0.05) is 50.4 Å². The summed E-state index contributed by atoms with van der Waals surface area (Å²) in [7, 11) is 0. The van der Waals surface area contributed by atoms with Gasteiger partial charge in [0.1, 0.15) is 24.6 Å². The Kier molecular flexibility index (Phi) is 18.6. The molecule has 6 fully saturated rings.